The first-order valence-corrected chi connectivity index (χ1v) is 6.72. The van der Waals surface area contributed by atoms with Gasteiger partial charge in [-0.1, -0.05) is 12.8 Å². The molecule has 0 aromatic heterocycles. The lowest BCUT2D eigenvalue weighted by molar-refractivity contribution is -0.134. The van der Waals surface area contributed by atoms with Gasteiger partial charge in [0.2, 0.25) is 5.91 Å². The second-order valence-corrected chi connectivity index (χ2v) is 5.79. The third-order valence-corrected chi connectivity index (χ3v) is 4.84. The molecule has 3 atom stereocenters. The molecule has 1 saturated heterocycles. The second-order valence-electron chi connectivity index (χ2n) is 5.79. The first kappa shape index (κ1) is 10.6. The van der Waals surface area contributed by atoms with Gasteiger partial charge in [-0.15, -0.1) is 0 Å². The lowest BCUT2D eigenvalue weighted by atomic mass is 10.00. The van der Waals surface area contributed by atoms with Crippen molar-refractivity contribution in [3.63, 3.8) is 0 Å². The molecule has 3 unspecified atom stereocenters. The SMILES string of the molecule is O=C(C1CCCC1)N1CC2CCC(O)C2C1. The standard InChI is InChI=1S/C13H21NO2/c15-12-6-5-10-7-14(8-11(10)12)13(16)9-3-1-2-4-9/h9-12,15H,1-8H2. The molecule has 0 spiro atoms. The number of aliphatic hydroxyl groups is 1. The Morgan fingerprint density at radius 1 is 1.06 bits per heavy atom. The molecule has 0 aromatic carbocycles. The molecule has 3 aliphatic rings. The van der Waals surface area contributed by atoms with E-state index < -0.39 is 0 Å². The predicted molar refractivity (Wildman–Crippen MR) is 60.8 cm³/mol. The third kappa shape index (κ3) is 1.65. The van der Waals surface area contributed by atoms with Gasteiger partial charge in [-0.05, 0) is 31.6 Å². The van der Waals surface area contributed by atoms with Gasteiger partial charge in [-0.25, -0.2) is 0 Å². The van der Waals surface area contributed by atoms with E-state index in [1.807, 2.05) is 4.90 Å². The van der Waals surface area contributed by atoms with Crippen LogP contribution in [-0.4, -0.2) is 35.1 Å². The van der Waals surface area contributed by atoms with E-state index in [4.69, 9.17) is 0 Å². The molecule has 16 heavy (non-hydrogen) atoms. The average Bonchev–Trinajstić information content (AvgIpc) is 2.96. The Bertz CT molecular complexity index is 286. The van der Waals surface area contributed by atoms with Crippen molar-refractivity contribution >= 4 is 5.91 Å². The number of hydrogen-bond acceptors (Lipinski definition) is 2. The van der Waals surface area contributed by atoms with Gasteiger partial charge in [0.05, 0.1) is 6.10 Å². The molecule has 3 heteroatoms. The molecule has 90 valence electrons. The van der Waals surface area contributed by atoms with Crippen molar-refractivity contribution in [2.45, 2.75) is 44.6 Å². The van der Waals surface area contributed by atoms with E-state index in [2.05, 4.69) is 0 Å². The molecule has 3 nitrogen and oxygen atoms in total. The summed E-state index contributed by atoms with van der Waals surface area (Å²) in [5, 5.41) is 9.83. The van der Waals surface area contributed by atoms with Gasteiger partial charge in [-0.2, -0.15) is 0 Å². The van der Waals surface area contributed by atoms with E-state index in [0.717, 1.165) is 38.8 Å². The summed E-state index contributed by atoms with van der Waals surface area (Å²) in [6.45, 7) is 1.73. The van der Waals surface area contributed by atoms with Crippen molar-refractivity contribution in [2.24, 2.45) is 17.8 Å². The highest BCUT2D eigenvalue weighted by atomic mass is 16.3. The van der Waals surface area contributed by atoms with E-state index in [0.29, 0.717) is 23.7 Å². The summed E-state index contributed by atoms with van der Waals surface area (Å²) in [4.78, 5) is 14.3. The number of nitrogens with zero attached hydrogens (tertiary/aromatic N) is 1. The molecular weight excluding hydrogens is 202 g/mol. The molecule has 3 rings (SSSR count). The van der Waals surface area contributed by atoms with Gasteiger partial charge in [0, 0.05) is 24.9 Å². The Hall–Kier alpha value is -0.570. The quantitative estimate of drug-likeness (QED) is 0.730. The predicted octanol–water partition coefficient (Wildman–Crippen LogP) is 1.41. The Kier molecular flexibility index (Phi) is 2.66. The fourth-order valence-electron chi connectivity index (χ4n) is 3.85. The smallest absolute Gasteiger partial charge is 0.225 e. The molecule has 1 amide bonds. The topological polar surface area (TPSA) is 40.5 Å². The third-order valence-electron chi connectivity index (χ3n) is 4.84. The van der Waals surface area contributed by atoms with Crippen LogP contribution in [0.2, 0.25) is 0 Å². The number of carbonyl (C=O) groups is 1. The van der Waals surface area contributed by atoms with Crippen LogP contribution in [0.15, 0.2) is 0 Å². The van der Waals surface area contributed by atoms with Crippen molar-refractivity contribution in [3.8, 4) is 0 Å². The fraction of sp³-hybridized carbons (Fsp3) is 0.923. The van der Waals surface area contributed by atoms with Crippen LogP contribution in [0, 0.1) is 17.8 Å². The van der Waals surface area contributed by atoms with Crippen LogP contribution in [0.1, 0.15) is 38.5 Å². The minimum absolute atomic E-state index is 0.147. The minimum Gasteiger partial charge on any atom is -0.393 e. The van der Waals surface area contributed by atoms with Crippen LogP contribution >= 0.6 is 0 Å². The van der Waals surface area contributed by atoms with Crippen LogP contribution in [-0.2, 0) is 4.79 Å². The Balaban J connectivity index is 1.63. The van der Waals surface area contributed by atoms with Crippen LogP contribution in [0.3, 0.4) is 0 Å². The first-order valence-electron chi connectivity index (χ1n) is 6.72. The molecule has 2 saturated carbocycles. The zero-order chi connectivity index (χ0) is 11.1. The summed E-state index contributed by atoms with van der Waals surface area (Å²) in [7, 11) is 0. The van der Waals surface area contributed by atoms with Crippen molar-refractivity contribution in [1.29, 1.82) is 0 Å². The Labute approximate surface area is 96.8 Å². The number of hydrogen-bond donors (Lipinski definition) is 1. The summed E-state index contributed by atoms with van der Waals surface area (Å²) in [6, 6.07) is 0. The summed E-state index contributed by atoms with van der Waals surface area (Å²) in [5.41, 5.74) is 0. The number of carbonyl (C=O) groups excluding carboxylic acids is 1. The molecule has 1 heterocycles. The number of aliphatic hydroxyl groups excluding tert-OH is 1. The molecular formula is C13H21NO2. The largest absolute Gasteiger partial charge is 0.393 e. The number of likely N-dealkylation sites (tertiary alicyclic amines) is 1. The van der Waals surface area contributed by atoms with Crippen molar-refractivity contribution in [3.05, 3.63) is 0 Å². The van der Waals surface area contributed by atoms with Crippen molar-refractivity contribution in [2.75, 3.05) is 13.1 Å². The lowest BCUT2D eigenvalue weighted by Crippen LogP contribution is -2.35. The van der Waals surface area contributed by atoms with E-state index in [1.54, 1.807) is 0 Å². The number of fused-ring (bicyclic) bond motifs is 1. The van der Waals surface area contributed by atoms with Crippen LogP contribution in [0.5, 0.6) is 0 Å². The van der Waals surface area contributed by atoms with Gasteiger partial charge in [-0.3, -0.25) is 4.79 Å². The normalized spacial score (nSPS) is 39.3. The maximum absolute atomic E-state index is 12.2. The van der Waals surface area contributed by atoms with Gasteiger partial charge >= 0.3 is 0 Å². The molecule has 1 N–H and O–H groups in total. The first-order chi connectivity index (χ1) is 7.75. The van der Waals surface area contributed by atoms with Gasteiger partial charge in [0.15, 0.2) is 0 Å². The molecule has 0 bridgehead atoms. The van der Waals surface area contributed by atoms with Crippen molar-refractivity contribution < 1.29 is 9.90 Å². The van der Waals surface area contributed by atoms with E-state index in [1.165, 1.54) is 12.8 Å². The molecule has 3 fully saturated rings. The van der Waals surface area contributed by atoms with Crippen LogP contribution in [0.25, 0.3) is 0 Å². The minimum atomic E-state index is -0.147. The van der Waals surface area contributed by atoms with Gasteiger partial charge in [0.25, 0.3) is 0 Å². The zero-order valence-electron chi connectivity index (χ0n) is 9.77. The molecule has 0 radical (unpaired) electrons. The lowest BCUT2D eigenvalue weighted by Gasteiger charge is -2.21. The highest BCUT2D eigenvalue weighted by Crippen LogP contribution is 2.39. The average molecular weight is 223 g/mol. The van der Waals surface area contributed by atoms with Gasteiger partial charge < -0.3 is 10.0 Å². The number of amides is 1. The summed E-state index contributed by atoms with van der Waals surface area (Å²) < 4.78 is 0. The fourth-order valence-corrected chi connectivity index (χ4v) is 3.85. The molecule has 1 aliphatic heterocycles. The van der Waals surface area contributed by atoms with Gasteiger partial charge in [0.1, 0.15) is 0 Å². The number of rotatable bonds is 1. The summed E-state index contributed by atoms with van der Waals surface area (Å²) in [5.74, 6) is 1.64. The maximum Gasteiger partial charge on any atom is 0.225 e. The van der Waals surface area contributed by atoms with E-state index in [9.17, 15) is 9.90 Å². The van der Waals surface area contributed by atoms with Crippen molar-refractivity contribution in [1.82, 2.24) is 4.90 Å². The zero-order valence-corrected chi connectivity index (χ0v) is 9.77. The molecule has 0 aromatic rings. The maximum atomic E-state index is 12.2. The van der Waals surface area contributed by atoms with E-state index >= 15 is 0 Å². The monoisotopic (exact) mass is 223 g/mol. The molecule has 2 aliphatic carbocycles. The Morgan fingerprint density at radius 3 is 2.50 bits per heavy atom. The van der Waals surface area contributed by atoms with E-state index in [-0.39, 0.29) is 6.10 Å². The highest BCUT2D eigenvalue weighted by Gasteiger charge is 2.44. The van der Waals surface area contributed by atoms with Crippen LogP contribution in [0.4, 0.5) is 0 Å². The highest BCUT2D eigenvalue weighted by molar-refractivity contribution is 5.79. The Morgan fingerprint density at radius 2 is 1.81 bits per heavy atom. The second kappa shape index (κ2) is 4.02. The summed E-state index contributed by atoms with van der Waals surface area (Å²) >= 11 is 0. The summed E-state index contributed by atoms with van der Waals surface area (Å²) in [6.07, 6.45) is 6.53. The van der Waals surface area contributed by atoms with Crippen LogP contribution < -0.4 is 0 Å².